The molecule has 0 aliphatic rings. The molecule has 0 saturated heterocycles. The average Bonchev–Trinajstić information content (AvgIpc) is 2.83. The third-order valence-corrected chi connectivity index (χ3v) is 3.48. The van der Waals surface area contributed by atoms with Crippen LogP contribution in [0.3, 0.4) is 0 Å². The van der Waals surface area contributed by atoms with Crippen LogP contribution in [-0.2, 0) is 0 Å². The van der Waals surface area contributed by atoms with Gasteiger partial charge >= 0.3 is 0 Å². The van der Waals surface area contributed by atoms with Crippen molar-refractivity contribution in [2.45, 2.75) is 39.2 Å². The molecule has 4 heteroatoms. The summed E-state index contributed by atoms with van der Waals surface area (Å²) >= 11 is 0. The first-order chi connectivity index (χ1) is 9.58. The molecule has 0 radical (unpaired) electrons. The second-order valence-corrected chi connectivity index (χ2v) is 5.11. The van der Waals surface area contributed by atoms with Gasteiger partial charge in [-0.3, -0.25) is 4.68 Å². The Morgan fingerprint density at radius 3 is 2.55 bits per heavy atom. The molecule has 2 aromatic rings. The largest absolute Gasteiger partial charge is 0.267 e. The van der Waals surface area contributed by atoms with Crippen LogP contribution in [-0.4, -0.2) is 9.78 Å². The number of halogens is 1. The van der Waals surface area contributed by atoms with Gasteiger partial charge < -0.3 is 0 Å². The highest BCUT2D eigenvalue weighted by atomic mass is 19.1. The Morgan fingerprint density at radius 1 is 1.30 bits per heavy atom. The fourth-order valence-corrected chi connectivity index (χ4v) is 2.39. The van der Waals surface area contributed by atoms with E-state index in [9.17, 15) is 9.65 Å². The van der Waals surface area contributed by atoms with E-state index in [1.54, 1.807) is 16.9 Å². The summed E-state index contributed by atoms with van der Waals surface area (Å²) in [6, 6.07) is 9.65. The van der Waals surface area contributed by atoms with Gasteiger partial charge in [-0.1, -0.05) is 25.1 Å². The van der Waals surface area contributed by atoms with Gasteiger partial charge in [0.1, 0.15) is 0 Å². The van der Waals surface area contributed by atoms with Gasteiger partial charge in [-0.2, -0.15) is 9.65 Å². The van der Waals surface area contributed by atoms with E-state index in [1.165, 1.54) is 0 Å². The summed E-state index contributed by atoms with van der Waals surface area (Å²) in [5.41, 5.74) is 2.01. The highest BCUT2D eigenvalue weighted by Gasteiger charge is 2.22. The minimum Gasteiger partial charge on any atom is -0.267 e. The predicted octanol–water partition coefficient (Wildman–Crippen LogP) is 4.02. The SMILES string of the molecule is CC[C@@H](c1ccccc1C#N)c1cn(C(C)C)nc1F. The molecule has 0 amide bonds. The molecular formula is C16H18FN3. The summed E-state index contributed by atoms with van der Waals surface area (Å²) < 4.78 is 15.7. The zero-order valence-electron chi connectivity index (χ0n) is 12.0. The van der Waals surface area contributed by atoms with Crippen molar-refractivity contribution < 1.29 is 4.39 Å². The molecule has 0 spiro atoms. The highest BCUT2D eigenvalue weighted by Crippen LogP contribution is 2.31. The predicted molar refractivity (Wildman–Crippen MR) is 75.9 cm³/mol. The smallest absolute Gasteiger partial charge is 0.236 e. The van der Waals surface area contributed by atoms with E-state index in [0.717, 1.165) is 12.0 Å². The third kappa shape index (κ3) is 2.57. The van der Waals surface area contributed by atoms with E-state index < -0.39 is 5.95 Å². The van der Waals surface area contributed by atoms with Crippen LogP contribution in [0.1, 0.15) is 55.8 Å². The summed E-state index contributed by atoms with van der Waals surface area (Å²) in [5.74, 6) is -0.586. The lowest BCUT2D eigenvalue weighted by atomic mass is 9.88. The fraction of sp³-hybridized carbons (Fsp3) is 0.375. The Balaban J connectivity index is 2.50. The molecule has 20 heavy (non-hydrogen) atoms. The highest BCUT2D eigenvalue weighted by molar-refractivity contribution is 5.43. The topological polar surface area (TPSA) is 41.6 Å². The molecule has 0 bridgehead atoms. The molecule has 104 valence electrons. The molecule has 1 atom stereocenters. The summed E-state index contributed by atoms with van der Waals surface area (Å²) in [6.07, 6.45) is 2.47. The Hall–Kier alpha value is -2.15. The molecule has 1 aromatic heterocycles. The van der Waals surface area contributed by atoms with Crippen molar-refractivity contribution in [2.24, 2.45) is 0 Å². The van der Waals surface area contributed by atoms with Crippen molar-refractivity contribution in [1.29, 1.82) is 5.26 Å². The zero-order valence-corrected chi connectivity index (χ0v) is 12.0. The van der Waals surface area contributed by atoms with E-state index in [0.29, 0.717) is 11.1 Å². The lowest BCUT2D eigenvalue weighted by Gasteiger charge is -2.15. The summed E-state index contributed by atoms with van der Waals surface area (Å²) in [7, 11) is 0. The Kier molecular flexibility index (Phi) is 4.19. The molecule has 0 fully saturated rings. The van der Waals surface area contributed by atoms with E-state index in [-0.39, 0.29) is 12.0 Å². The van der Waals surface area contributed by atoms with Crippen LogP contribution in [0.15, 0.2) is 30.5 Å². The van der Waals surface area contributed by atoms with Crippen LogP contribution in [0.4, 0.5) is 4.39 Å². The molecule has 0 N–H and O–H groups in total. The second-order valence-electron chi connectivity index (χ2n) is 5.11. The monoisotopic (exact) mass is 271 g/mol. The van der Waals surface area contributed by atoms with Crippen LogP contribution in [0.5, 0.6) is 0 Å². The van der Waals surface area contributed by atoms with Crippen molar-refractivity contribution in [3.8, 4) is 6.07 Å². The van der Waals surface area contributed by atoms with Gasteiger partial charge in [0, 0.05) is 23.7 Å². The Labute approximate surface area is 118 Å². The van der Waals surface area contributed by atoms with Gasteiger partial charge in [-0.25, -0.2) is 0 Å². The van der Waals surface area contributed by atoms with Crippen LogP contribution in [0.25, 0.3) is 0 Å². The first-order valence-corrected chi connectivity index (χ1v) is 6.82. The van der Waals surface area contributed by atoms with Gasteiger partial charge in [-0.15, -0.1) is 5.10 Å². The molecule has 1 aromatic carbocycles. The van der Waals surface area contributed by atoms with Gasteiger partial charge in [-0.05, 0) is 31.9 Å². The van der Waals surface area contributed by atoms with Gasteiger partial charge in [0.2, 0.25) is 5.95 Å². The molecule has 0 unspecified atom stereocenters. The van der Waals surface area contributed by atoms with Crippen molar-refractivity contribution >= 4 is 0 Å². The number of nitrogens with zero attached hydrogens (tertiary/aromatic N) is 3. The molecule has 2 rings (SSSR count). The van der Waals surface area contributed by atoms with Gasteiger partial charge in [0.05, 0.1) is 11.6 Å². The van der Waals surface area contributed by atoms with Crippen molar-refractivity contribution in [1.82, 2.24) is 9.78 Å². The van der Waals surface area contributed by atoms with E-state index in [1.807, 2.05) is 39.0 Å². The Bertz CT molecular complexity index is 637. The third-order valence-electron chi connectivity index (χ3n) is 3.48. The first kappa shape index (κ1) is 14.3. The van der Waals surface area contributed by atoms with Crippen molar-refractivity contribution in [2.75, 3.05) is 0 Å². The molecule has 0 aliphatic heterocycles. The summed E-state index contributed by atoms with van der Waals surface area (Å²) in [6.45, 7) is 5.91. The maximum absolute atomic E-state index is 14.1. The number of rotatable bonds is 4. The Morgan fingerprint density at radius 2 is 2.00 bits per heavy atom. The molecule has 0 saturated carbocycles. The standard InChI is InChI=1S/C16H18FN3/c1-4-13(14-8-6-5-7-12(14)9-18)15-10-20(11(2)3)19-16(15)17/h5-8,10-11,13H,4H2,1-3H3/t13-/m0/s1. The molecular weight excluding hydrogens is 253 g/mol. The minimum absolute atomic E-state index is 0.113. The summed E-state index contributed by atoms with van der Waals surface area (Å²) in [4.78, 5) is 0. The van der Waals surface area contributed by atoms with E-state index in [2.05, 4.69) is 11.2 Å². The van der Waals surface area contributed by atoms with Crippen LogP contribution >= 0.6 is 0 Å². The number of hydrogen-bond acceptors (Lipinski definition) is 2. The summed E-state index contributed by atoms with van der Waals surface area (Å²) in [5, 5.41) is 13.1. The van der Waals surface area contributed by atoms with Crippen LogP contribution < -0.4 is 0 Å². The number of nitriles is 1. The average molecular weight is 271 g/mol. The zero-order chi connectivity index (χ0) is 14.7. The first-order valence-electron chi connectivity index (χ1n) is 6.82. The second kappa shape index (κ2) is 5.87. The molecule has 0 aliphatic carbocycles. The lowest BCUT2D eigenvalue weighted by Crippen LogP contribution is -2.03. The molecule has 3 nitrogen and oxygen atoms in total. The number of hydrogen-bond donors (Lipinski definition) is 0. The van der Waals surface area contributed by atoms with E-state index >= 15 is 0 Å². The number of aromatic nitrogens is 2. The minimum atomic E-state index is -0.446. The maximum Gasteiger partial charge on any atom is 0.236 e. The van der Waals surface area contributed by atoms with Crippen molar-refractivity contribution in [3.63, 3.8) is 0 Å². The maximum atomic E-state index is 14.1. The van der Waals surface area contributed by atoms with Gasteiger partial charge in [0.25, 0.3) is 0 Å². The van der Waals surface area contributed by atoms with Gasteiger partial charge in [0.15, 0.2) is 0 Å². The van der Waals surface area contributed by atoms with E-state index in [4.69, 9.17) is 0 Å². The lowest BCUT2D eigenvalue weighted by molar-refractivity contribution is 0.479. The van der Waals surface area contributed by atoms with Crippen molar-refractivity contribution in [3.05, 3.63) is 53.1 Å². The fourth-order valence-electron chi connectivity index (χ4n) is 2.39. The van der Waals surface area contributed by atoms with Crippen LogP contribution in [0, 0.1) is 17.3 Å². The quantitative estimate of drug-likeness (QED) is 0.842. The number of benzene rings is 1. The normalized spacial score (nSPS) is 12.4. The molecule has 1 heterocycles. The van der Waals surface area contributed by atoms with Crippen LogP contribution in [0.2, 0.25) is 0 Å².